The Morgan fingerprint density at radius 1 is 1.40 bits per heavy atom. The van der Waals surface area contributed by atoms with Crippen molar-refractivity contribution < 1.29 is 0 Å². The van der Waals surface area contributed by atoms with Crippen LogP contribution in [-0.4, -0.2) is 15.0 Å². The third kappa shape index (κ3) is 2.05. The van der Waals surface area contributed by atoms with Gasteiger partial charge in [-0.1, -0.05) is 0 Å². The zero-order valence-electron chi connectivity index (χ0n) is 8.86. The molecule has 0 aliphatic carbocycles. The van der Waals surface area contributed by atoms with Gasteiger partial charge in [0, 0.05) is 11.9 Å². The minimum absolute atomic E-state index is 0.140. The minimum atomic E-state index is -0.140. The van der Waals surface area contributed by atoms with Gasteiger partial charge < -0.3 is 10.7 Å². The third-order valence-corrected chi connectivity index (χ3v) is 2.15. The lowest BCUT2D eigenvalue weighted by Gasteiger charge is -2.07. The van der Waals surface area contributed by atoms with Crippen molar-refractivity contribution in [1.29, 1.82) is 0 Å². The number of nitrogens with zero attached hydrogens (tertiary/aromatic N) is 2. The van der Waals surface area contributed by atoms with Crippen LogP contribution in [0.5, 0.6) is 0 Å². The summed E-state index contributed by atoms with van der Waals surface area (Å²) in [4.78, 5) is 11.8. The number of hydrogen-bond acceptors (Lipinski definition) is 3. The van der Waals surface area contributed by atoms with Gasteiger partial charge in [-0.25, -0.2) is 9.97 Å². The summed E-state index contributed by atoms with van der Waals surface area (Å²) in [7, 11) is 0. The summed E-state index contributed by atoms with van der Waals surface area (Å²) in [5.41, 5.74) is 8.58. The Labute approximate surface area is 88.6 Å². The monoisotopic (exact) mass is 202 g/mol. The maximum atomic E-state index is 5.77. The molecule has 0 saturated heterocycles. The molecule has 0 aromatic carbocycles. The number of aromatic amines is 1. The SMILES string of the molecule is Cc1cc(-c2ccc[nH]2)nc(C(C)N)n1. The summed E-state index contributed by atoms with van der Waals surface area (Å²) >= 11 is 0. The highest BCUT2D eigenvalue weighted by molar-refractivity contribution is 5.54. The van der Waals surface area contributed by atoms with Gasteiger partial charge in [0.15, 0.2) is 0 Å². The number of nitrogens with two attached hydrogens (primary N) is 1. The average Bonchev–Trinajstić information content (AvgIpc) is 2.69. The molecule has 0 spiro atoms. The smallest absolute Gasteiger partial charge is 0.145 e. The molecule has 2 aromatic rings. The molecule has 0 fully saturated rings. The highest BCUT2D eigenvalue weighted by atomic mass is 14.9. The molecule has 2 aromatic heterocycles. The van der Waals surface area contributed by atoms with Crippen molar-refractivity contribution in [3.8, 4) is 11.4 Å². The second-order valence-electron chi connectivity index (χ2n) is 3.63. The fraction of sp³-hybridized carbons (Fsp3) is 0.273. The van der Waals surface area contributed by atoms with Crippen LogP contribution in [0, 0.1) is 6.92 Å². The van der Waals surface area contributed by atoms with E-state index >= 15 is 0 Å². The van der Waals surface area contributed by atoms with E-state index in [1.165, 1.54) is 0 Å². The zero-order valence-corrected chi connectivity index (χ0v) is 8.86. The summed E-state index contributed by atoms with van der Waals surface area (Å²) < 4.78 is 0. The van der Waals surface area contributed by atoms with Crippen molar-refractivity contribution in [2.45, 2.75) is 19.9 Å². The van der Waals surface area contributed by atoms with Crippen LogP contribution in [-0.2, 0) is 0 Å². The van der Waals surface area contributed by atoms with Crippen molar-refractivity contribution in [2.24, 2.45) is 5.73 Å². The lowest BCUT2D eigenvalue weighted by molar-refractivity contribution is 0.734. The number of aryl methyl sites for hydroxylation is 1. The highest BCUT2D eigenvalue weighted by Gasteiger charge is 2.07. The fourth-order valence-electron chi connectivity index (χ4n) is 1.42. The second kappa shape index (κ2) is 3.82. The Hall–Kier alpha value is -1.68. The molecule has 78 valence electrons. The molecule has 0 bridgehead atoms. The van der Waals surface area contributed by atoms with E-state index in [0.717, 1.165) is 17.1 Å². The van der Waals surface area contributed by atoms with Gasteiger partial charge in [0.2, 0.25) is 0 Å². The Morgan fingerprint density at radius 3 is 2.80 bits per heavy atom. The van der Waals surface area contributed by atoms with Crippen LogP contribution >= 0.6 is 0 Å². The topological polar surface area (TPSA) is 67.6 Å². The Kier molecular flexibility index (Phi) is 2.51. The van der Waals surface area contributed by atoms with E-state index in [1.807, 2.05) is 38.2 Å². The third-order valence-electron chi connectivity index (χ3n) is 2.15. The molecule has 0 amide bonds. The van der Waals surface area contributed by atoms with Crippen LogP contribution in [0.25, 0.3) is 11.4 Å². The van der Waals surface area contributed by atoms with Gasteiger partial charge >= 0.3 is 0 Å². The van der Waals surface area contributed by atoms with Gasteiger partial charge in [-0.2, -0.15) is 0 Å². The van der Waals surface area contributed by atoms with Crippen LogP contribution in [0.3, 0.4) is 0 Å². The Balaban J connectivity index is 2.49. The van der Waals surface area contributed by atoms with Crippen molar-refractivity contribution in [3.63, 3.8) is 0 Å². The van der Waals surface area contributed by atoms with Gasteiger partial charge in [0.05, 0.1) is 17.4 Å². The van der Waals surface area contributed by atoms with E-state index in [9.17, 15) is 0 Å². The van der Waals surface area contributed by atoms with Gasteiger partial charge in [-0.3, -0.25) is 0 Å². The first kappa shape index (κ1) is 9.86. The summed E-state index contributed by atoms with van der Waals surface area (Å²) in [5.74, 6) is 0.680. The van der Waals surface area contributed by atoms with Crippen LogP contribution in [0.4, 0.5) is 0 Å². The average molecular weight is 202 g/mol. The van der Waals surface area contributed by atoms with Gasteiger partial charge in [0.25, 0.3) is 0 Å². The molecule has 2 heterocycles. The second-order valence-corrected chi connectivity index (χ2v) is 3.63. The van der Waals surface area contributed by atoms with Gasteiger partial charge in [-0.15, -0.1) is 0 Å². The van der Waals surface area contributed by atoms with E-state index in [2.05, 4.69) is 15.0 Å². The fourth-order valence-corrected chi connectivity index (χ4v) is 1.42. The Morgan fingerprint density at radius 2 is 2.20 bits per heavy atom. The van der Waals surface area contributed by atoms with E-state index in [4.69, 9.17) is 5.73 Å². The van der Waals surface area contributed by atoms with Gasteiger partial charge in [-0.05, 0) is 32.0 Å². The predicted molar refractivity (Wildman–Crippen MR) is 59.2 cm³/mol. The van der Waals surface area contributed by atoms with Crippen molar-refractivity contribution in [3.05, 3.63) is 35.9 Å². The van der Waals surface area contributed by atoms with Crippen molar-refractivity contribution in [1.82, 2.24) is 15.0 Å². The van der Waals surface area contributed by atoms with E-state index in [-0.39, 0.29) is 6.04 Å². The van der Waals surface area contributed by atoms with E-state index < -0.39 is 0 Å². The lowest BCUT2D eigenvalue weighted by atomic mass is 10.2. The summed E-state index contributed by atoms with van der Waals surface area (Å²) in [6.45, 7) is 3.83. The number of aromatic nitrogens is 3. The molecule has 0 radical (unpaired) electrons. The first-order valence-electron chi connectivity index (χ1n) is 4.92. The summed E-state index contributed by atoms with van der Waals surface area (Å²) in [6, 6.07) is 5.72. The van der Waals surface area contributed by atoms with Crippen molar-refractivity contribution in [2.75, 3.05) is 0 Å². The number of H-pyrrole nitrogens is 1. The molecule has 15 heavy (non-hydrogen) atoms. The van der Waals surface area contributed by atoms with Crippen LogP contribution in [0.15, 0.2) is 24.4 Å². The molecule has 0 aliphatic heterocycles. The predicted octanol–water partition coefficient (Wildman–Crippen LogP) is 1.80. The molecular formula is C11H14N4. The number of hydrogen-bond donors (Lipinski definition) is 2. The van der Waals surface area contributed by atoms with Crippen molar-refractivity contribution >= 4 is 0 Å². The van der Waals surface area contributed by atoms with Crippen LogP contribution in [0.2, 0.25) is 0 Å². The first-order chi connectivity index (χ1) is 7.16. The Bertz CT molecular complexity index is 446. The zero-order chi connectivity index (χ0) is 10.8. The normalized spacial score (nSPS) is 12.7. The lowest BCUT2D eigenvalue weighted by Crippen LogP contribution is -2.11. The molecule has 1 atom stereocenters. The number of rotatable bonds is 2. The largest absolute Gasteiger partial charge is 0.360 e. The molecule has 2 rings (SSSR count). The first-order valence-corrected chi connectivity index (χ1v) is 4.92. The number of nitrogens with one attached hydrogen (secondary N) is 1. The quantitative estimate of drug-likeness (QED) is 0.780. The van der Waals surface area contributed by atoms with Crippen LogP contribution in [0.1, 0.15) is 24.5 Å². The van der Waals surface area contributed by atoms with Gasteiger partial charge in [0.1, 0.15) is 5.82 Å². The molecule has 1 unspecified atom stereocenters. The van der Waals surface area contributed by atoms with E-state index in [1.54, 1.807) is 0 Å². The molecule has 0 aliphatic rings. The molecule has 0 saturated carbocycles. The van der Waals surface area contributed by atoms with E-state index in [0.29, 0.717) is 5.82 Å². The molecule has 4 heteroatoms. The van der Waals surface area contributed by atoms with Crippen LogP contribution < -0.4 is 5.73 Å². The highest BCUT2D eigenvalue weighted by Crippen LogP contribution is 2.16. The molecule has 3 N–H and O–H groups in total. The maximum absolute atomic E-state index is 5.77. The minimum Gasteiger partial charge on any atom is -0.360 e. The molecule has 4 nitrogen and oxygen atoms in total. The molecular weight excluding hydrogens is 188 g/mol. The summed E-state index contributed by atoms with van der Waals surface area (Å²) in [6.07, 6.45) is 1.87. The maximum Gasteiger partial charge on any atom is 0.145 e. The standard InChI is InChI=1S/C11H14N4/c1-7-6-10(9-4-3-5-13-9)15-11(14-7)8(2)12/h3-6,8,13H,12H2,1-2H3. The summed E-state index contributed by atoms with van der Waals surface area (Å²) in [5, 5.41) is 0.